The first-order valence-electron chi connectivity index (χ1n) is 18.5. The van der Waals surface area contributed by atoms with Crippen LogP contribution in [0.5, 0.6) is 0 Å². The number of aliphatic hydroxyl groups is 2. The summed E-state index contributed by atoms with van der Waals surface area (Å²) in [6.07, 6.45) is 6.72. The van der Waals surface area contributed by atoms with Gasteiger partial charge in [0.05, 0.1) is 41.5 Å². The molecule has 1 saturated heterocycles. The molecular weight excluding hydrogens is 690 g/mol. The number of pyridine rings is 1. The van der Waals surface area contributed by atoms with Gasteiger partial charge in [0.15, 0.2) is 0 Å². The van der Waals surface area contributed by atoms with E-state index in [1.165, 1.54) is 21.9 Å². The average Bonchev–Trinajstić information content (AvgIpc) is 4.09. The molecule has 2 saturated carbocycles. The van der Waals surface area contributed by atoms with Crippen LogP contribution in [0.3, 0.4) is 0 Å². The van der Waals surface area contributed by atoms with E-state index in [2.05, 4.69) is 25.8 Å². The van der Waals surface area contributed by atoms with E-state index < -0.39 is 11.8 Å². The molecule has 16 heteroatoms. The molecule has 9 N–H and O–H groups in total. The molecule has 16 nitrogen and oxygen atoms in total. The molecule has 3 fully saturated rings. The Morgan fingerprint density at radius 3 is 2.41 bits per heavy atom. The van der Waals surface area contributed by atoms with E-state index >= 15 is 0 Å². The van der Waals surface area contributed by atoms with Crippen LogP contribution in [0.4, 0.5) is 11.4 Å². The topological polar surface area (TPSA) is 220 Å². The number of nitrogens with one attached hydrogen (secondary N) is 3. The van der Waals surface area contributed by atoms with E-state index in [0.29, 0.717) is 18.8 Å². The van der Waals surface area contributed by atoms with Crippen LogP contribution in [0.1, 0.15) is 74.4 Å². The lowest BCUT2D eigenvalue weighted by molar-refractivity contribution is -0.302. The van der Waals surface area contributed by atoms with E-state index in [4.69, 9.17) is 16.6 Å². The van der Waals surface area contributed by atoms with Crippen molar-refractivity contribution in [2.24, 2.45) is 17.4 Å². The highest BCUT2D eigenvalue weighted by Crippen LogP contribution is 2.45. The largest absolute Gasteiger partial charge is 0.393 e. The molecule has 2 aliphatic heterocycles. The number of anilines is 2. The minimum atomic E-state index is -2.38. The highest BCUT2D eigenvalue weighted by atomic mass is 16.5. The van der Waals surface area contributed by atoms with Crippen molar-refractivity contribution in [3.05, 3.63) is 83.0 Å². The van der Waals surface area contributed by atoms with Gasteiger partial charge in [-0.15, -0.1) is 0 Å². The van der Waals surface area contributed by atoms with Crippen LogP contribution in [-0.4, -0.2) is 92.3 Å². The van der Waals surface area contributed by atoms with Gasteiger partial charge in [0.25, 0.3) is 17.7 Å². The number of nitrogens with two attached hydrogens (primary N) is 2. The smallest absolute Gasteiger partial charge is 0.272 e. The molecule has 0 bridgehead atoms. The molecule has 3 aromatic rings. The second kappa shape index (κ2) is 15.5. The first-order chi connectivity index (χ1) is 25.8. The third kappa shape index (κ3) is 7.76. The fourth-order valence-electron chi connectivity index (χ4n) is 6.49. The number of fused-ring (bicyclic) bond motifs is 3. The molecule has 1 aromatic carbocycles. The third-order valence-corrected chi connectivity index (χ3v) is 10.0. The summed E-state index contributed by atoms with van der Waals surface area (Å²) in [5, 5.41) is 36.0. The van der Waals surface area contributed by atoms with Crippen molar-refractivity contribution >= 4 is 29.1 Å². The lowest BCUT2D eigenvalue weighted by Gasteiger charge is -2.46. The summed E-state index contributed by atoms with van der Waals surface area (Å²) < 4.78 is 1.92. The van der Waals surface area contributed by atoms with Gasteiger partial charge in [-0.05, 0) is 50.8 Å². The lowest BCUT2D eigenvalue weighted by Crippen LogP contribution is -2.59. The Hall–Kier alpha value is -5.45. The Labute approximate surface area is 314 Å². The number of hydrogen-bond acceptors (Lipinski definition) is 12. The molecule has 54 heavy (non-hydrogen) atoms. The summed E-state index contributed by atoms with van der Waals surface area (Å²) in [7, 11) is 3.61. The van der Waals surface area contributed by atoms with Crippen LogP contribution in [0.15, 0.2) is 65.9 Å². The van der Waals surface area contributed by atoms with Crippen LogP contribution in [0, 0.1) is 5.92 Å². The maximum absolute atomic E-state index is 13.0. The van der Waals surface area contributed by atoms with Gasteiger partial charge in [-0.1, -0.05) is 32.0 Å². The maximum atomic E-state index is 13.0. The van der Waals surface area contributed by atoms with Gasteiger partial charge in [-0.3, -0.25) is 19.1 Å². The standard InChI is InChI=1S/C36H45N11O5.C2H6/c1-4-44(2)35(50)26-9-6-10-29(42-26)36(51,52)46-17-22(18-46)47-28-19-45(3)32-23(24(28)16-39-47)7-5-8-25(32)41-27(31(38)34(49)40-21-13-14-21)15-30(37)43-33(48)20-11-12-20;1-2/h5-10,15-16,20-22,41,51-52H,4,11-14,17-19,37-38H2,1-3H3,(H,40,49)(H,43,48);1-2H3/b30-15+,31-27+;. The zero-order valence-corrected chi connectivity index (χ0v) is 31.5. The van der Waals surface area contributed by atoms with Crippen molar-refractivity contribution in [2.75, 3.05) is 43.9 Å². The molecule has 0 atom stereocenters. The second-order valence-electron chi connectivity index (χ2n) is 14.0. The fourth-order valence-corrected chi connectivity index (χ4v) is 6.49. The normalized spacial score (nSPS) is 17.5. The summed E-state index contributed by atoms with van der Waals surface area (Å²) >= 11 is 0. The minimum Gasteiger partial charge on any atom is -0.393 e. The van der Waals surface area contributed by atoms with Crippen LogP contribution in [-0.2, 0) is 22.0 Å². The summed E-state index contributed by atoms with van der Waals surface area (Å²) in [4.78, 5) is 47.4. The molecule has 0 spiro atoms. The summed E-state index contributed by atoms with van der Waals surface area (Å²) in [6.45, 7) is 7.41. The van der Waals surface area contributed by atoms with E-state index in [0.717, 1.165) is 48.2 Å². The van der Waals surface area contributed by atoms with Crippen molar-refractivity contribution in [1.29, 1.82) is 0 Å². The molecule has 2 aliphatic carbocycles. The summed E-state index contributed by atoms with van der Waals surface area (Å²) in [6, 6.07) is 10.3. The number of carbonyl (C=O) groups excluding carboxylic acids is 3. The van der Waals surface area contributed by atoms with Gasteiger partial charge in [-0.2, -0.15) is 5.10 Å². The summed E-state index contributed by atoms with van der Waals surface area (Å²) in [5.41, 5.74) is 17.2. The molecule has 288 valence electrons. The molecule has 4 heterocycles. The van der Waals surface area contributed by atoms with Gasteiger partial charge in [0.1, 0.15) is 22.9 Å². The molecular formula is C38H51N11O5. The number of allylic oxidation sites excluding steroid dienone is 1. The van der Waals surface area contributed by atoms with Crippen molar-refractivity contribution < 1.29 is 24.6 Å². The Morgan fingerprint density at radius 1 is 1.04 bits per heavy atom. The van der Waals surface area contributed by atoms with Crippen LogP contribution >= 0.6 is 0 Å². The predicted molar refractivity (Wildman–Crippen MR) is 204 cm³/mol. The second-order valence-corrected chi connectivity index (χ2v) is 14.0. The molecule has 2 aromatic heterocycles. The fraction of sp³-hybridized carbons (Fsp3) is 0.447. The van der Waals surface area contributed by atoms with Gasteiger partial charge in [-0.25, -0.2) is 9.88 Å². The number of nitrogens with zero attached hydrogens (tertiary/aromatic N) is 6. The molecule has 7 rings (SSSR count). The number of aromatic nitrogens is 3. The average molecular weight is 742 g/mol. The zero-order valence-electron chi connectivity index (χ0n) is 31.5. The monoisotopic (exact) mass is 741 g/mol. The van der Waals surface area contributed by atoms with Crippen LogP contribution in [0.25, 0.3) is 11.1 Å². The van der Waals surface area contributed by atoms with Crippen molar-refractivity contribution in [3.63, 3.8) is 0 Å². The van der Waals surface area contributed by atoms with Crippen molar-refractivity contribution in [2.45, 2.75) is 71.0 Å². The molecule has 0 radical (unpaired) electrons. The number of rotatable bonds is 12. The first kappa shape index (κ1) is 38.3. The third-order valence-electron chi connectivity index (χ3n) is 10.0. The van der Waals surface area contributed by atoms with E-state index in [1.807, 2.05) is 50.7 Å². The molecule has 3 amide bonds. The van der Waals surface area contributed by atoms with Crippen LogP contribution < -0.4 is 32.3 Å². The number of likely N-dealkylation sites (tertiary alicyclic amines) is 1. The highest BCUT2D eigenvalue weighted by molar-refractivity contribution is 5.96. The Morgan fingerprint density at radius 2 is 1.74 bits per heavy atom. The number of hydrogen-bond donors (Lipinski definition) is 7. The molecule has 0 unspecified atom stereocenters. The van der Waals surface area contributed by atoms with Gasteiger partial charge in [0, 0.05) is 62.9 Å². The number of para-hydroxylation sites is 1. The number of amides is 3. The zero-order chi connectivity index (χ0) is 38.9. The maximum Gasteiger partial charge on any atom is 0.272 e. The van der Waals surface area contributed by atoms with E-state index in [1.54, 1.807) is 25.4 Å². The van der Waals surface area contributed by atoms with E-state index in [9.17, 15) is 24.6 Å². The lowest BCUT2D eigenvalue weighted by atomic mass is 9.97. The summed E-state index contributed by atoms with van der Waals surface area (Å²) in [5.74, 6) is -3.24. The van der Waals surface area contributed by atoms with Crippen molar-refractivity contribution in [3.8, 4) is 11.1 Å². The first-order valence-corrected chi connectivity index (χ1v) is 18.5. The van der Waals surface area contributed by atoms with E-state index in [-0.39, 0.29) is 71.5 Å². The van der Waals surface area contributed by atoms with Gasteiger partial charge < -0.3 is 47.4 Å². The van der Waals surface area contributed by atoms with Crippen molar-refractivity contribution in [1.82, 2.24) is 35.2 Å². The Bertz CT molecular complexity index is 1970. The quantitative estimate of drug-likeness (QED) is 0.0804. The van der Waals surface area contributed by atoms with Crippen LogP contribution in [0.2, 0.25) is 0 Å². The SMILES string of the molecule is CC.CCN(C)C(=O)c1cccc(C(O)(O)N2CC(n3ncc4c3CN(C)c3c(NC(/C=C(\N)NC(=O)C5CC5)=C(/N)C(=O)NC5CC5)cccc3-4)C2)n1. The Kier molecular flexibility index (Phi) is 11.0. The predicted octanol–water partition coefficient (Wildman–Crippen LogP) is 1.85. The Balaban J connectivity index is 0.00000245. The number of carbonyl (C=O) groups is 3. The minimum absolute atomic E-state index is 0.0292. The van der Waals surface area contributed by atoms with Gasteiger partial charge >= 0.3 is 0 Å². The highest BCUT2D eigenvalue weighted by Gasteiger charge is 2.46. The van der Waals surface area contributed by atoms with Gasteiger partial charge in [0.2, 0.25) is 5.91 Å². The number of benzene rings is 1. The molecule has 4 aliphatic rings.